The molecule has 1 aromatic carbocycles. The van der Waals surface area contributed by atoms with Crippen molar-refractivity contribution < 1.29 is 24.5 Å². The molecule has 1 fully saturated rings. The molecule has 0 atom stereocenters. The molecule has 0 bridgehead atoms. The fraction of sp³-hybridized carbons (Fsp3) is 0.350. The van der Waals surface area contributed by atoms with Crippen molar-refractivity contribution >= 4 is 17.8 Å². The number of carbonyl (C=O) groups is 2. The van der Waals surface area contributed by atoms with E-state index in [2.05, 4.69) is 9.88 Å². The van der Waals surface area contributed by atoms with Crippen molar-refractivity contribution in [3.63, 3.8) is 0 Å². The van der Waals surface area contributed by atoms with Gasteiger partial charge in [-0.15, -0.1) is 0 Å². The summed E-state index contributed by atoms with van der Waals surface area (Å²) in [5.41, 5.74) is 3.49. The molecule has 154 valence electrons. The predicted molar refractivity (Wildman–Crippen MR) is 107 cm³/mol. The molecule has 9 nitrogen and oxygen atoms in total. The number of rotatable bonds is 7. The van der Waals surface area contributed by atoms with Gasteiger partial charge in [0.25, 0.3) is 5.56 Å². The molecule has 0 aliphatic carbocycles. The molecule has 0 spiro atoms. The summed E-state index contributed by atoms with van der Waals surface area (Å²) in [7, 11) is 0. The summed E-state index contributed by atoms with van der Waals surface area (Å²) in [5, 5.41) is 19.1. The van der Waals surface area contributed by atoms with Gasteiger partial charge in [-0.1, -0.05) is 24.6 Å². The van der Waals surface area contributed by atoms with E-state index in [4.69, 9.17) is 10.5 Å². The molecule has 0 amide bonds. The van der Waals surface area contributed by atoms with Crippen LogP contribution in [0.3, 0.4) is 0 Å². The lowest BCUT2D eigenvalue weighted by Crippen LogP contribution is -2.33. The Morgan fingerprint density at radius 2 is 1.72 bits per heavy atom. The Hall–Kier alpha value is -3.33. The molecule has 1 saturated heterocycles. The van der Waals surface area contributed by atoms with Gasteiger partial charge >= 0.3 is 11.9 Å². The highest BCUT2D eigenvalue weighted by molar-refractivity contribution is 6.08. The zero-order valence-corrected chi connectivity index (χ0v) is 15.8. The molecule has 2 heterocycles. The van der Waals surface area contributed by atoms with E-state index >= 15 is 0 Å². The van der Waals surface area contributed by atoms with E-state index in [-0.39, 0.29) is 11.1 Å². The molecule has 5 N–H and O–H groups in total. The Morgan fingerprint density at radius 1 is 1.07 bits per heavy atom. The van der Waals surface area contributed by atoms with Gasteiger partial charge in [-0.25, -0.2) is 9.59 Å². The summed E-state index contributed by atoms with van der Waals surface area (Å²) in [5.74, 6) is -3.11. The predicted octanol–water partition coefficient (Wildman–Crippen LogP) is 1.89. The number of para-hydroxylation sites is 1. The number of hydrogen-bond donors (Lipinski definition) is 4. The van der Waals surface area contributed by atoms with Crippen molar-refractivity contribution in [1.29, 1.82) is 0 Å². The topological polar surface area (TPSA) is 146 Å². The van der Waals surface area contributed by atoms with Crippen molar-refractivity contribution in [3.8, 4) is 16.9 Å². The number of aromatic carboxylic acids is 2. The monoisotopic (exact) mass is 401 g/mol. The number of anilines is 1. The molecule has 1 aliphatic rings. The van der Waals surface area contributed by atoms with Crippen LogP contribution in [0.15, 0.2) is 29.1 Å². The van der Waals surface area contributed by atoms with Crippen LogP contribution in [0, 0.1) is 0 Å². The van der Waals surface area contributed by atoms with Crippen molar-refractivity contribution in [2.75, 3.05) is 32.0 Å². The maximum Gasteiger partial charge on any atom is 0.342 e. The number of piperidine rings is 1. The number of ether oxygens (including phenoxy) is 1. The van der Waals surface area contributed by atoms with Gasteiger partial charge in [0.05, 0.1) is 0 Å². The Labute approximate surface area is 166 Å². The summed E-state index contributed by atoms with van der Waals surface area (Å²) in [6, 6.07) is 6.43. The lowest BCUT2D eigenvalue weighted by molar-refractivity contribution is 0.0695. The van der Waals surface area contributed by atoms with Crippen LogP contribution in [0.5, 0.6) is 5.75 Å². The second-order valence-corrected chi connectivity index (χ2v) is 6.85. The maximum atomic E-state index is 12.2. The molecule has 1 aliphatic heterocycles. The maximum absolute atomic E-state index is 12.2. The summed E-state index contributed by atoms with van der Waals surface area (Å²) in [4.78, 5) is 40.1. The first-order valence-corrected chi connectivity index (χ1v) is 9.37. The number of pyridine rings is 1. The van der Waals surface area contributed by atoms with Gasteiger partial charge in [0.15, 0.2) is 0 Å². The van der Waals surface area contributed by atoms with Gasteiger partial charge in [0.2, 0.25) is 0 Å². The Morgan fingerprint density at radius 3 is 2.38 bits per heavy atom. The zero-order valence-electron chi connectivity index (χ0n) is 15.8. The summed E-state index contributed by atoms with van der Waals surface area (Å²) < 4.78 is 5.86. The molecule has 0 saturated carbocycles. The first-order chi connectivity index (χ1) is 13.9. The first kappa shape index (κ1) is 20.4. The summed E-state index contributed by atoms with van der Waals surface area (Å²) >= 11 is 0. The van der Waals surface area contributed by atoms with Crippen LogP contribution in [-0.2, 0) is 0 Å². The third kappa shape index (κ3) is 4.40. The molecule has 9 heteroatoms. The summed E-state index contributed by atoms with van der Waals surface area (Å²) in [6.45, 7) is 3.05. The zero-order chi connectivity index (χ0) is 21.0. The van der Waals surface area contributed by atoms with Gasteiger partial charge in [-0.05, 0) is 32.0 Å². The number of H-pyrrole nitrogens is 1. The molecular weight excluding hydrogens is 378 g/mol. The highest BCUT2D eigenvalue weighted by Crippen LogP contribution is 2.35. The highest BCUT2D eigenvalue weighted by atomic mass is 16.5. The van der Waals surface area contributed by atoms with Crippen LogP contribution >= 0.6 is 0 Å². The van der Waals surface area contributed by atoms with Crippen molar-refractivity contribution in [2.24, 2.45) is 0 Å². The van der Waals surface area contributed by atoms with Crippen molar-refractivity contribution in [1.82, 2.24) is 9.88 Å². The van der Waals surface area contributed by atoms with E-state index in [1.807, 2.05) is 0 Å². The molecule has 0 unspecified atom stereocenters. The molecule has 0 radical (unpaired) electrons. The van der Waals surface area contributed by atoms with E-state index in [1.165, 1.54) is 12.5 Å². The second kappa shape index (κ2) is 8.78. The number of nitrogens with zero attached hydrogens (tertiary/aromatic N) is 1. The van der Waals surface area contributed by atoms with E-state index in [0.29, 0.717) is 18.9 Å². The average Bonchev–Trinajstić information content (AvgIpc) is 2.68. The van der Waals surface area contributed by atoms with Crippen LogP contribution in [-0.4, -0.2) is 58.3 Å². The number of benzene rings is 1. The lowest BCUT2D eigenvalue weighted by Gasteiger charge is -2.26. The number of carboxylic acids is 2. The average molecular weight is 401 g/mol. The number of hydrogen-bond acceptors (Lipinski definition) is 6. The first-order valence-electron chi connectivity index (χ1n) is 9.37. The van der Waals surface area contributed by atoms with E-state index in [1.54, 1.807) is 18.2 Å². The minimum absolute atomic E-state index is 0.193. The van der Waals surface area contributed by atoms with E-state index in [0.717, 1.165) is 25.9 Å². The van der Waals surface area contributed by atoms with Gasteiger partial charge in [-0.2, -0.15) is 0 Å². The number of nitrogens with one attached hydrogen (secondary N) is 1. The van der Waals surface area contributed by atoms with Crippen LogP contribution in [0.1, 0.15) is 40.0 Å². The van der Waals surface area contributed by atoms with Gasteiger partial charge in [0, 0.05) is 17.7 Å². The standard InChI is InChI=1S/C20H23N3O6/c21-17-15(19(25)26)14(16(20(27)28)18(24)22-17)12-6-2-3-7-13(12)29-11-10-23-8-4-1-5-9-23/h2-3,6-7H,1,4-5,8-11H2,(H,25,26)(H,27,28)(H3,21,22,24). The number of nitrogen functional groups attached to an aromatic ring is 1. The fourth-order valence-corrected chi connectivity index (χ4v) is 3.58. The molecule has 3 rings (SSSR count). The number of nitrogens with two attached hydrogens (primary N) is 1. The third-order valence-electron chi connectivity index (χ3n) is 4.94. The van der Waals surface area contributed by atoms with E-state index < -0.39 is 34.4 Å². The minimum Gasteiger partial charge on any atom is -0.492 e. The Kier molecular flexibility index (Phi) is 6.18. The third-order valence-corrected chi connectivity index (χ3v) is 4.94. The van der Waals surface area contributed by atoms with Crippen molar-refractivity contribution in [3.05, 3.63) is 45.7 Å². The van der Waals surface area contributed by atoms with Crippen molar-refractivity contribution in [2.45, 2.75) is 19.3 Å². The van der Waals surface area contributed by atoms with Crippen LogP contribution < -0.4 is 16.0 Å². The second-order valence-electron chi connectivity index (χ2n) is 6.85. The minimum atomic E-state index is -1.55. The SMILES string of the molecule is Nc1[nH]c(=O)c(C(=O)O)c(-c2ccccc2OCCN2CCCCC2)c1C(=O)O. The number of aromatic amines is 1. The smallest absolute Gasteiger partial charge is 0.342 e. The molecule has 29 heavy (non-hydrogen) atoms. The Bertz CT molecular complexity index is 979. The fourth-order valence-electron chi connectivity index (χ4n) is 3.58. The van der Waals surface area contributed by atoms with Gasteiger partial charge < -0.3 is 25.7 Å². The van der Waals surface area contributed by atoms with Gasteiger partial charge in [-0.3, -0.25) is 9.69 Å². The molecular formula is C20H23N3O6. The molecule has 1 aromatic heterocycles. The lowest BCUT2D eigenvalue weighted by atomic mass is 9.94. The normalized spacial score (nSPS) is 14.5. The van der Waals surface area contributed by atoms with Crippen LogP contribution in [0.25, 0.3) is 11.1 Å². The van der Waals surface area contributed by atoms with Crippen LogP contribution in [0.4, 0.5) is 5.82 Å². The quantitative estimate of drug-likeness (QED) is 0.550. The number of likely N-dealkylation sites (tertiary alicyclic amines) is 1. The largest absolute Gasteiger partial charge is 0.492 e. The molecule has 2 aromatic rings. The van der Waals surface area contributed by atoms with Gasteiger partial charge in [0.1, 0.15) is 29.3 Å². The van der Waals surface area contributed by atoms with Crippen LogP contribution in [0.2, 0.25) is 0 Å². The number of carboxylic acid groups (broad SMARTS) is 2. The Balaban J connectivity index is 2.01. The summed E-state index contributed by atoms with van der Waals surface area (Å²) in [6.07, 6.45) is 3.51. The highest BCUT2D eigenvalue weighted by Gasteiger charge is 2.28. The number of aromatic nitrogens is 1. The van der Waals surface area contributed by atoms with E-state index in [9.17, 15) is 24.6 Å².